The van der Waals surface area contributed by atoms with Crippen molar-refractivity contribution in [1.29, 1.82) is 0 Å². The average molecular weight is 580 g/mol. The maximum Gasteiger partial charge on any atom is 0.178 e. The lowest BCUT2D eigenvalue weighted by Crippen LogP contribution is -2.63. The van der Waals surface area contributed by atoms with Gasteiger partial charge >= 0.3 is 0 Å². The lowest BCUT2D eigenvalue weighted by atomic mass is 9.46. The fourth-order valence-electron chi connectivity index (χ4n) is 9.15. The van der Waals surface area contributed by atoms with Crippen LogP contribution in [0.5, 0.6) is 0 Å². The Kier molecular flexibility index (Phi) is 6.48. The maximum atomic E-state index is 14.5. The quantitative estimate of drug-likeness (QED) is 0.412. The molecular weight excluding hydrogens is 542 g/mol. The van der Waals surface area contributed by atoms with Gasteiger partial charge in [0, 0.05) is 16.7 Å². The summed E-state index contributed by atoms with van der Waals surface area (Å²) in [6.45, 7) is 6.47. The zero-order valence-electron chi connectivity index (χ0n) is 23.3. The number of benzene rings is 1. The van der Waals surface area contributed by atoms with Gasteiger partial charge in [-0.15, -0.1) is 11.3 Å². The second kappa shape index (κ2) is 9.60. The first kappa shape index (κ1) is 27.0. The van der Waals surface area contributed by atoms with Gasteiger partial charge in [-0.1, -0.05) is 62.7 Å². The molecule has 1 aromatic heterocycles. The summed E-state index contributed by atoms with van der Waals surface area (Å²) in [6.07, 6.45) is 8.81. The second-order valence-corrected chi connectivity index (χ2v) is 15.1. The molecular formula is C32H37NO5S2. The number of nitrogens with zero attached hydrogens (tertiary/aromatic N) is 1. The summed E-state index contributed by atoms with van der Waals surface area (Å²) in [6, 6.07) is 8.05. The normalized spacial score (nSPS) is 41.8. The van der Waals surface area contributed by atoms with Gasteiger partial charge in [0.1, 0.15) is 0 Å². The molecule has 0 spiro atoms. The molecule has 0 bridgehead atoms. The van der Waals surface area contributed by atoms with Crippen LogP contribution in [0.1, 0.15) is 59.3 Å². The molecule has 40 heavy (non-hydrogen) atoms. The van der Waals surface area contributed by atoms with E-state index in [1.807, 2.05) is 24.3 Å². The molecule has 4 fully saturated rings. The molecule has 1 N–H and O–H groups in total. The standard InChI is InChI=1S/C32H37NO5S2/c1-4-7-27-37-26-15-21-20-11-10-18-14-19(34)12-13-30(18,2)28(20)23(35)16-31(21,3)32(26,38-27)25(36)17-39-29-33-22-8-5-6-9-24(22)40-29/h5-6,8-9,12-14,20-21,23,26-28,35H,4,7,10-11,15-17H2,1-3H3/t20?,21?,23?,26-,27?,28?,30?,31?,32-/m1/s1. The third-order valence-electron chi connectivity index (χ3n) is 10.8. The van der Waals surface area contributed by atoms with Crippen LogP contribution in [0.25, 0.3) is 10.2 Å². The number of thiazole rings is 1. The molecule has 7 unspecified atom stereocenters. The van der Waals surface area contributed by atoms with Crippen molar-refractivity contribution in [3.63, 3.8) is 0 Å². The number of thioether (sulfide) groups is 1. The van der Waals surface area contributed by atoms with E-state index in [2.05, 4.69) is 26.8 Å². The van der Waals surface area contributed by atoms with Gasteiger partial charge in [0.15, 0.2) is 27.8 Å². The summed E-state index contributed by atoms with van der Waals surface area (Å²) in [5.74, 6) is 0.772. The van der Waals surface area contributed by atoms with Crippen LogP contribution in [-0.2, 0) is 19.1 Å². The number of ketones is 2. The monoisotopic (exact) mass is 579 g/mol. The van der Waals surface area contributed by atoms with Crippen molar-refractivity contribution in [2.75, 3.05) is 5.75 Å². The highest BCUT2D eigenvalue weighted by atomic mass is 32.2. The van der Waals surface area contributed by atoms with E-state index in [-0.39, 0.29) is 46.6 Å². The van der Waals surface area contributed by atoms with E-state index in [1.165, 1.54) is 11.8 Å². The average Bonchev–Trinajstić information content (AvgIpc) is 3.57. The van der Waals surface area contributed by atoms with Gasteiger partial charge in [-0.2, -0.15) is 0 Å². The van der Waals surface area contributed by atoms with Gasteiger partial charge < -0.3 is 14.6 Å². The Balaban J connectivity index is 1.22. The van der Waals surface area contributed by atoms with E-state index in [0.717, 1.165) is 52.2 Å². The molecule has 1 aliphatic heterocycles. The molecule has 0 amide bonds. The molecule has 0 radical (unpaired) electrons. The Morgan fingerprint density at radius 3 is 2.90 bits per heavy atom. The molecule has 2 heterocycles. The third kappa shape index (κ3) is 3.75. The predicted octanol–water partition coefficient (Wildman–Crippen LogP) is 6.13. The van der Waals surface area contributed by atoms with Crippen molar-refractivity contribution in [1.82, 2.24) is 4.98 Å². The minimum absolute atomic E-state index is 0.00413. The number of Topliss-reactive ketones (excluding diaryl/α,β-unsaturated/α-hetero) is 1. The fourth-order valence-corrected chi connectivity index (χ4v) is 11.2. The van der Waals surface area contributed by atoms with Gasteiger partial charge in [0.2, 0.25) is 0 Å². The third-order valence-corrected chi connectivity index (χ3v) is 13.0. The SMILES string of the molecule is CCCC1O[C@@H]2CC3C4CCC5=CC(=O)C=CC5(C)C4C(O)CC3(C)[C@]2(C(=O)CSc2nc3ccccc3s2)O1. The largest absolute Gasteiger partial charge is 0.393 e. The predicted molar refractivity (Wildman–Crippen MR) is 156 cm³/mol. The van der Waals surface area contributed by atoms with Gasteiger partial charge in [0.05, 0.1) is 28.2 Å². The number of fused-ring (bicyclic) bond motifs is 8. The second-order valence-electron chi connectivity index (χ2n) is 12.8. The first-order valence-corrected chi connectivity index (χ1v) is 16.5. The Morgan fingerprint density at radius 1 is 1.27 bits per heavy atom. The zero-order chi connectivity index (χ0) is 27.9. The lowest BCUT2D eigenvalue weighted by Gasteiger charge is -2.59. The number of hydrogen-bond donors (Lipinski definition) is 1. The number of carbonyl (C=O) groups excluding carboxylic acids is 2. The van der Waals surface area contributed by atoms with Crippen LogP contribution in [0.4, 0.5) is 0 Å². The summed E-state index contributed by atoms with van der Waals surface area (Å²) >= 11 is 3.10. The summed E-state index contributed by atoms with van der Waals surface area (Å²) in [4.78, 5) is 31.4. The van der Waals surface area contributed by atoms with Gasteiger partial charge in [-0.3, -0.25) is 9.59 Å². The van der Waals surface area contributed by atoms with Crippen molar-refractivity contribution >= 4 is 44.9 Å². The van der Waals surface area contributed by atoms with Gasteiger partial charge in [0.25, 0.3) is 0 Å². The first-order valence-electron chi connectivity index (χ1n) is 14.7. The van der Waals surface area contributed by atoms with E-state index < -0.39 is 23.4 Å². The number of aliphatic hydroxyl groups is 1. The molecule has 3 saturated carbocycles. The van der Waals surface area contributed by atoms with Crippen LogP contribution in [-0.4, -0.2) is 51.5 Å². The number of aliphatic hydroxyl groups excluding tert-OH is 1. The van der Waals surface area contributed by atoms with Crippen molar-refractivity contribution in [3.8, 4) is 0 Å². The number of hydrogen-bond acceptors (Lipinski definition) is 8. The number of allylic oxidation sites excluding steroid dienone is 4. The molecule has 7 rings (SSSR count). The van der Waals surface area contributed by atoms with Gasteiger partial charge in [-0.05, 0) is 68.2 Å². The van der Waals surface area contributed by atoms with Gasteiger partial charge in [-0.25, -0.2) is 4.98 Å². The smallest absolute Gasteiger partial charge is 0.178 e. The van der Waals surface area contributed by atoms with E-state index in [0.29, 0.717) is 6.42 Å². The number of ether oxygens (including phenoxy) is 2. The van der Waals surface area contributed by atoms with Crippen LogP contribution in [0.3, 0.4) is 0 Å². The molecule has 4 aliphatic carbocycles. The molecule has 212 valence electrons. The molecule has 8 heteroatoms. The summed E-state index contributed by atoms with van der Waals surface area (Å²) in [5, 5.41) is 11.9. The number of rotatable bonds is 6. The van der Waals surface area contributed by atoms with Crippen LogP contribution >= 0.6 is 23.1 Å². The zero-order valence-corrected chi connectivity index (χ0v) is 24.9. The van der Waals surface area contributed by atoms with Crippen LogP contribution < -0.4 is 0 Å². The topological polar surface area (TPSA) is 85.7 Å². The highest BCUT2D eigenvalue weighted by Crippen LogP contribution is 2.69. The molecule has 5 aliphatic rings. The summed E-state index contributed by atoms with van der Waals surface area (Å²) in [5.41, 5.74) is 0.117. The maximum absolute atomic E-state index is 14.5. The van der Waals surface area contributed by atoms with Crippen LogP contribution in [0.2, 0.25) is 0 Å². The Hall–Kier alpha value is -1.84. The van der Waals surface area contributed by atoms with Crippen molar-refractivity contribution < 1.29 is 24.2 Å². The molecule has 1 aromatic carbocycles. The van der Waals surface area contributed by atoms with Crippen LogP contribution in [0.15, 0.2) is 52.4 Å². The van der Waals surface area contributed by atoms with Crippen molar-refractivity contribution in [2.24, 2.45) is 28.6 Å². The minimum Gasteiger partial charge on any atom is -0.393 e. The van der Waals surface area contributed by atoms with Crippen molar-refractivity contribution in [3.05, 3.63) is 48.1 Å². The molecule has 9 atom stereocenters. The number of aromatic nitrogens is 1. The Labute approximate surface area is 243 Å². The summed E-state index contributed by atoms with van der Waals surface area (Å²) in [7, 11) is 0. The molecule has 2 aromatic rings. The minimum atomic E-state index is -1.08. The van der Waals surface area contributed by atoms with E-state index in [1.54, 1.807) is 23.5 Å². The Bertz CT molecular complexity index is 1400. The molecule has 1 saturated heterocycles. The fraction of sp³-hybridized carbons (Fsp3) is 0.594. The first-order chi connectivity index (χ1) is 19.2. The summed E-state index contributed by atoms with van der Waals surface area (Å²) < 4.78 is 15.3. The number of para-hydroxylation sites is 1. The highest BCUT2D eigenvalue weighted by molar-refractivity contribution is 8.01. The highest BCUT2D eigenvalue weighted by Gasteiger charge is 2.75. The Morgan fingerprint density at radius 2 is 2.10 bits per heavy atom. The van der Waals surface area contributed by atoms with E-state index in [4.69, 9.17) is 14.5 Å². The van der Waals surface area contributed by atoms with Crippen molar-refractivity contribution in [2.45, 2.75) is 87.7 Å². The van der Waals surface area contributed by atoms with E-state index in [9.17, 15) is 14.7 Å². The lowest BCUT2D eigenvalue weighted by molar-refractivity contribution is -0.197. The van der Waals surface area contributed by atoms with Crippen LogP contribution in [0, 0.1) is 28.6 Å². The van der Waals surface area contributed by atoms with E-state index >= 15 is 0 Å². The number of carbonyl (C=O) groups is 2. The molecule has 6 nitrogen and oxygen atoms in total.